The molecular formula is C17H21N3O2. The van der Waals surface area contributed by atoms with Crippen LogP contribution in [-0.2, 0) is 17.9 Å². The van der Waals surface area contributed by atoms with Gasteiger partial charge in [-0.3, -0.25) is 4.79 Å². The lowest BCUT2D eigenvalue weighted by Gasteiger charge is -2.24. The fraction of sp³-hybridized carbons (Fsp3) is 0.412. The predicted molar refractivity (Wildman–Crippen MR) is 83.4 cm³/mol. The quantitative estimate of drug-likeness (QED) is 0.871. The summed E-state index contributed by atoms with van der Waals surface area (Å²) in [4.78, 5) is 18.4. The standard InChI is InChI=1S/C17H21N3O2/c1-2-6-17(21)20-11-14-7-5-10-19(14)12-15(13-20)22-16-8-3-4-9-18-16/h3-5,7-10,15H,2,6,11-13H2,1H3/t15-/m1/s1. The number of pyridine rings is 1. The van der Waals surface area contributed by atoms with Gasteiger partial charge in [-0.05, 0) is 24.6 Å². The first-order valence-corrected chi connectivity index (χ1v) is 7.75. The van der Waals surface area contributed by atoms with Crippen LogP contribution in [0.5, 0.6) is 5.88 Å². The summed E-state index contributed by atoms with van der Waals surface area (Å²) in [5.41, 5.74) is 1.15. The molecule has 0 unspecified atom stereocenters. The Morgan fingerprint density at radius 2 is 2.23 bits per heavy atom. The van der Waals surface area contributed by atoms with Gasteiger partial charge < -0.3 is 14.2 Å². The zero-order valence-corrected chi connectivity index (χ0v) is 12.8. The van der Waals surface area contributed by atoms with E-state index in [1.807, 2.05) is 42.3 Å². The molecule has 3 rings (SSSR count). The Morgan fingerprint density at radius 1 is 1.32 bits per heavy atom. The number of hydrogen-bond donors (Lipinski definition) is 0. The normalized spacial score (nSPS) is 17.7. The van der Waals surface area contributed by atoms with Gasteiger partial charge in [-0.2, -0.15) is 0 Å². The fourth-order valence-electron chi connectivity index (χ4n) is 2.78. The maximum absolute atomic E-state index is 12.3. The topological polar surface area (TPSA) is 47.4 Å². The highest BCUT2D eigenvalue weighted by atomic mass is 16.5. The molecule has 3 heterocycles. The number of ether oxygens (including phenoxy) is 1. The van der Waals surface area contributed by atoms with Gasteiger partial charge in [0.05, 0.1) is 19.6 Å². The molecule has 5 nitrogen and oxygen atoms in total. The largest absolute Gasteiger partial charge is 0.471 e. The molecule has 0 spiro atoms. The third kappa shape index (κ3) is 3.30. The number of aromatic nitrogens is 2. The van der Waals surface area contributed by atoms with Crippen LogP contribution in [0, 0.1) is 0 Å². The third-order valence-corrected chi connectivity index (χ3v) is 3.84. The maximum atomic E-state index is 12.3. The molecule has 0 aromatic carbocycles. The molecule has 1 aliphatic rings. The van der Waals surface area contributed by atoms with Crippen molar-refractivity contribution >= 4 is 5.91 Å². The minimum atomic E-state index is -0.0932. The first-order chi connectivity index (χ1) is 10.8. The van der Waals surface area contributed by atoms with Gasteiger partial charge in [0, 0.05) is 30.6 Å². The molecule has 0 saturated heterocycles. The molecule has 2 aromatic heterocycles. The molecular weight excluding hydrogens is 278 g/mol. The number of amides is 1. The SMILES string of the molecule is CCCC(=O)N1Cc2cccn2C[C@@H](Oc2ccccn2)C1. The summed E-state index contributed by atoms with van der Waals surface area (Å²) in [6, 6.07) is 9.69. The van der Waals surface area contributed by atoms with Crippen molar-refractivity contribution in [2.75, 3.05) is 6.54 Å². The number of rotatable bonds is 4. The molecule has 1 amide bonds. The van der Waals surface area contributed by atoms with E-state index in [4.69, 9.17) is 4.74 Å². The van der Waals surface area contributed by atoms with Gasteiger partial charge >= 0.3 is 0 Å². The number of carbonyl (C=O) groups excluding carboxylic acids is 1. The Balaban J connectivity index is 1.79. The molecule has 1 aliphatic heterocycles. The maximum Gasteiger partial charge on any atom is 0.223 e. The van der Waals surface area contributed by atoms with Gasteiger partial charge in [-0.15, -0.1) is 0 Å². The lowest BCUT2D eigenvalue weighted by molar-refractivity contribution is -0.132. The minimum absolute atomic E-state index is 0.0932. The second kappa shape index (κ2) is 6.64. The molecule has 5 heteroatoms. The lowest BCUT2D eigenvalue weighted by atomic mass is 10.2. The van der Waals surface area contributed by atoms with Crippen molar-refractivity contribution in [3.05, 3.63) is 48.4 Å². The summed E-state index contributed by atoms with van der Waals surface area (Å²) in [5, 5.41) is 0. The van der Waals surface area contributed by atoms with Gasteiger partial charge in [0.15, 0.2) is 0 Å². The summed E-state index contributed by atoms with van der Waals surface area (Å²) in [7, 11) is 0. The van der Waals surface area contributed by atoms with Crippen molar-refractivity contribution in [2.45, 2.75) is 39.0 Å². The van der Waals surface area contributed by atoms with Crippen LogP contribution in [0.4, 0.5) is 0 Å². The highest BCUT2D eigenvalue weighted by molar-refractivity contribution is 5.76. The average Bonchev–Trinajstić information content (AvgIpc) is 2.87. The van der Waals surface area contributed by atoms with E-state index < -0.39 is 0 Å². The van der Waals surface area contributed by atoms with Crippen molar-refractivity contribution in [1.29, 1.82) is 0 Å². The molecule has 1 atom stereocenters. The van der Waals surface area contributed by atoms with Gasteiger partial charge in [0.2, 0.25) is 11.8 Å². The molecule has 0 fully saturated rings. The van der Waals surface area contributed by atoms with E-state index in [2.05, 4.69) is 15.6 Å². The van der Waals surface area contributed by atoms with Crippen LogP contribution in [0.15, 0.2) is 42.7 Å². The molecule has 0 N–H and O–H groups in total. The summed E-state index contributed by atoms with van der Waals surface area (Å²) >= 11 is 0. The smallest absolute Gasteiger partial charge is 0.223 e. The monoisotopic (exact) mass is 299 g/mol. The van der Waals surface area contributed by atoms with Crippen LogP contribution in [0.1, 0.15) is 25.5 Å². The van der Waals surface area contributed by atoms with Gasteiger partial charge in [0.25, 0.3) is 0 Å². The van der Waals surface area contributed by atoms with Crippen LogP contribution in [0.3, 0.4) is 0 Å². The number of fused-ring (bicyclic) bond motifs is 1. The average molecular weight is 299 g/mol. The van der Waals surface area contributed by atoms with E-state index in [0.29, 0.717) is 25.4 Å². The van der Waals surface area contributed by atoms with Crippen LogP contribution in [0.2, 0.25) is 0 Å². The Morgan fingerprint density at radius 3 is 3.00 bits per heavy atom. The zero-order chi connectivity index (χ0) is 15.4. The highest BCUT2D eigenvalue weighted by Crippen LogP contribution is 2.18. The van der Waals surface area contributed by atoms with Crippen molar-refractivity contribution in [1.82, 2.24) is 14.5 Å². The molecule has 0 saturated carbocycles. The van der Waals surface area contributed by atoms with Crippen LogP contribution in [-0.4, -0.2) is 33.0 Å². The minimum Gasteiger partial charge on any atom is -0.471 e. The van der Waals surface area contributed by atoms with Crippen molar-refractivity contribution < 1.29 is 9.53 Å². The zero-order valence-electron chi connectivity index (χ0n) is 12.8. The number of carbonyl (C=O) groups is 1. The van der Waals surface area contributed by atoms with Crippen molar-refractivity contribution in [3.8, 4) is 5.88 Å². The van der Waals surface area contributed by atoms with Crippen LogP contribution < -0.4 is 4.74 Å². The number of nitrogens with zero attached hydrogens (tertiary/aromatic N) is 3. The second-order valence-corrected chi connectivity index (χ2v) is 5.58. The van der Waals surface area contributed by atoms with Crippen molar-refractivity contribution in [3.63, 3.8) is 0 Å². The molecule has 0 bridgehead atoms. The predicted octanol–water partition coefficient (Wildman–Crippen LogP) is 2.47. The third-order valence-electron chi connectivity index (χ3n) is 3.84. The van der Waals surface area contributed by atoms with E-state index in [0.717, 1.165) is 18.7 Å². The van der Waals surface area contributed by atoms with E-state index in [-0.39, 0.29) is 12.0 Å². The highest BCUT2D eigenvalue weighted by Gasteiger charge is 2.25. The van der Waals surface area contributed by atoms with Crippen LogP contribution >= 0.6 is 0 Å². The molecule has 22 heavy (non-hydrogen) atoms. The van der Waals surface area contributed by atoms with E-state index in [1.54, 1.807) is 6.20 Å². The van der Waals surface area contributed by atoms with Crippen molar-refractivity contribution in [2.24, 2.45) is 0 Å². The Hall–Kier alpha value is -2.30. The molecule has 2 aromatic rings. The second-order valence-electron chi connectivity index (χ2n) is 5.58. The molecule has 116 valence electrons. The summed E-state index contributed by atoms with van der Waals surface area (Å²) in [5.74, 6) is 0.790. The Labute approximate surface area is 130 Å². The van der Waals surface area contributed by atoms with E-state index >= 15 is 0 Å². The lowest BCUT2D eigenvalue weighted by Crippen LogP contribution is -2.38. The van der Waals surface area contributed by atoms with Gasteiger partial charge in [-0.25, -0.2) is 4.98 Å². The molecule has 0 radical (unpaired) electrons. The van der Waals surface area contributed by atoms with Crippen LogP contribution in [0.25, 0.3) is 0 Å². The first-order valence-electron chi connectivity index (χ1n) is 7.75. The molecule has 0 aliphatic carbocycles. The number of hydrogen-bond acceptors (Lipinski definition) is 3. The summed E-state index contributed by atoms with van der Waals surface area (Å²) < 4.78 is 8.15. The Kier molecular flexibility index (Phi) is 4.42. The Bertz CT molecular complexity index is 624. The summed E-state index contributed by atoms with van der Waals surface area (Å²) in [6.07, 6.45) is 5.11. The van der Waals surface area contributed by atoms with E-state index in [1.165, 1.54) is 0 Å². The first kappa shape index (κ1) is 14.6. The fourth-order valence-corrected chi connectivity index (χ4v) is 2.78. The van der Waals surface area contributed by atoms with Gasteiger partial charge in [-0.1, -0.05) is 13.0 Å². The van der Waals surface area contributed by atoms with Gasteiger partial charge in [0.1, 0.15) is 6.10 Å². The van der Waals surface area contributed by atoms with E-state index in [9.17, 15) is 4.79 Å². The summed E-state index contributed by atoms with van der Waals surface area (Å²) in [6.45, 7) is 4.00.